The van der Waals surface area contributed by atoms with E-state index in [1.807, 2.05) is 36.9 Å². The van der Waals surface area contributed by atoms with Crippen molar-refractivity contribution in [1.82, 2.24) is 25.1 Å². The molecule has 1 aliphatic heterocycles. The van der Waals surface area contributed by atoms with Crippen LogP contribution in [0.3, 0.4) is 0 Å². The fraction of sp³-hybridized carbons (Fsp3) is 0.320. The summed E-state index contributed by atoms with van der Waals surface area (Å²) in [5.41, 5.74) is 2.19. The van der Waals surface area contributed by atoms with Gasteiger partial charge in [0.2, 0.25) is 5.89 Å². The number of amides is 1. The summed E-state index contributed by atoms with van der Waals surface area (Å²) in [6, 6.07) is 12.0. The summed E-state index contributed by atoms with van der Waals surface area (Å²) in [6.45, 7) is 4.35. The molecule has 0 bridgehead atoms. The Balaban J connectivity index is 1.40. The molecule has 1 unspecified atom stereocenters. The van der Waals surface area contributed by atoms with E-state index < -0.39 is 0 Å². The highest BCUT2D eigenvalue weighted by Gasteiger charge is 2.32. The van der Waals surface area contributed by atoms with Crippen molar-refractivity contribution in [3.05, 3.63) is 70.6 Å². The Labute approximate surface area is 200 Å². The Hall–Kier alpha value is -3.46. The predicted molar refractivity (Wildman–Crippen MR) is 127 cm³/mol. The summed E-state index contributed by atoms with van der Waals surface area (Å²) in [5.74, 6) is 0.280. The van der Waals surface area contributed by atoms with Crippen molar-refractivity contribution in [2.45, 2.75) is 45.6 Å². The molecule has 1 fully saturated rings. The summed E-state index contributed by atoms with van der Waals surface area (Å²) in [4.78, 5) is 25.0. The second-order valence-electron chi connectivity index (χ2n) is 8.41. The first kappa shape index (κ1) is 22.3. The zero-order valence-corrected chi connectivity index (χ0v) is 19.8. The first-order valence-electron chi connectivity index (χ1n) is 11.3. The minimum absolute atomic E-state index is 0.101. The minimum atomic E-state index is -0.362. The Morgan fingerprint density at radius 1 is 1.12 bits per heavy atom. The molecule has 1 saturated heterocycles. The topological polar surface area (TPSA) is 85.0 Å². The number of nitrogens with zero attached hydrogens (tertiary/aromatic N) is 5. The van der Waals surface area contributed by atoms with Gasteiger partial charge in [-0.25, -0.2) is 14.4 Å². The van der Waals surface area contributed by atoms with Crippen molar-refractivity contribution >= 4 is 17.2 Å². The monoisotopic (exact) mass is 477 g/mol. The number of carbonyl (C=O) groups is 1. The van der Waals surface area contributed by atoms with Gasteiger partial charge in [-0.15, -0.1) is 21.5 Å². The van der Waals surface area contributed by atoms with E-state index in [0.717, 1.165) is 30.0 Å². The summed E-state index contributed by atoms with van der Waals surface area (Å²) in [6.07, 6.45) is 3.18. The number of carbonyl (C=O) groups excluding carboxylic acids is 1. The highest BCUT2D eigenvalue weighted by atomic mass is 32.1. The van der Waals surface area contributed by atoms with Gasteiger partial charge >= 0.3 is 0 Å². The summed E-state index contributed by atoms with van der Waals surface area (Å²) >= 11 is 1.33. The maximum absolute atomic E-state index is 14.5. The number of halogens is 1. The van der Waals surface area contributed by atoms with E-state index in [-0.39, 0.29) is 17.8 Å². The molecule has 174 valence electrons. The van der Waals surface area contributed by atoms with Gasteiger partial charge in [-0.2, -0.15) is 0 Å². The number of hydrogen-bond acceptors (Lipinski definition) is 7. The van der Waals surface area contributed by atoms with Crippen LogP contribution in [0.4, 0.5) is 4.39 Å². The number of aromatic nitrogens is 4. The molecule has 1 atom stereocenters. The van der Waals surface area contributed by atoms with Gasteiger partial charge in [0.1, 0.15) is 17.2 Å². The van der Waals surface area contributed by atoms with Crippen LogP contribution >= 0.6 is 11.3 Å². The highest BCUT2D eigenvalue weighted by molar-refractivity contribution is 7.15. The molecule has 0 N–H and O–H groups in total. The number of pyridine rings is 1. The van der Waals surface area contributed by atoms with Crippen molar-refractivity contribution in [3.8, 4) is 22.0 Å². The van der Waals surface area contributed by atoms with Crippen LogP contribution in [0.25, 0.3) is 22.0 Å². The lowest BCUT2D eigenvalue weighted by molar-refractivity contribution is 0.0601. The van der Waals surface area contributed by atoms with Crippen LogP contribution in [0.2, 0.25) is 0 Å². The van der Waals surface area contributed by atoms with E-state index in [9.17, 15) is 9.18 Å². The van der Waals surface area contributed by atoms with E-state index in [1.54, 1.807) is 18.2 Å². The molecule has 0 spiro atoms. The molecule has 1 aromatic carbocycles. The number of aryl methyl sites for hydroxylation is 2. The van der Waals surface area contributed by atoms with Gasteiger partial charge in [0.05, 0.1) is 9.88 Å². The van der Waals surface area contributed by atoms with Crippen molar-refractivity contribution in [1.29, 1.82) is 0 Å². The lowest BCUT2D eigenvalue weighted by atomic mass is 9.98. The first-order chi connectivity index (χ1) is 16.5. The van der Waals surface area contributed by atoms with Crippen molar-refractivity contribution in [3.63, 3.8) is 0 Å². The van der Waals surface area contributed by atoms with Gasteiger partial charge in [0.15, 0.2) is 0 Å². The zero-order chi connectivity index (χ0) is 23.7. The van der Waals surface area contributed by atoms with Gasteiger partial charge in [0.25, 0.3) is 11.8 Å². The molecule has 9 heteroatoms. The van der Waals surface area contributed by atoms with Gasteiger partial charge in [0, 0.05) is 30.3 Å². The average molecular weight is 478 g/mol. The molecule has 0 radical (unpaired) electrons. The number of thiazole rings is 1. The molecule has 1 amide bonds. The second kappa shape index (κ2) is 9.42. The smallest absolute Gasteiger partial charge is 0.274 e. The van der Waals surface area contributed by atoms with Crippen LogP contribution in [0.15, 0.2) is 46.9 Å². The Morgan fingerprint density at radius 3 is 2.79 bits per heavy atom. The Kier molecular flexibility index (Phi) is 6.19. The maximum atomic E-state index is 14.5. The van der Waals surface area contributed by atoms with Crippen molar-refractivity contribution in [2.75, 3.05) is 6.54 Å². The number of likely N-dealkylation sites (tertiary alicyclic amines) is 1. The third-order valence-corrected chi connectivity index (χ3v) is 6.93. The van der Waals surface area contributed by atoms with Crippen LogP contribution < -0.4 is 0 Å². The van der Waals surface area contributed by atoms with Crippen molar-refractivity contribution in [2.24, 2.45) is 0 Å². The van der Waals surface area contributed by atoms with E-state index in [1.165, 1.54) is 17.4 Å². The molecule has 7 nitrogen and oxygen atoms in total. The molecular formula is C25H24FN5O2S. The van der Waals surface area contributed by atoms with E-state index in [0.29, 0.717) is 46.6 Å². The highest BCUT2D eigenvalue weighted by Crippen LogP contribution is 2.34. The minimum Gasteiger partial charge on any atom is -0.419 e. The lowest BCUT2D eigenvalue weighted by Crippen LogP contribution is -2.45. The molecule has 0 saturated carbocycles. The van der Waals surface area contributed by atoms with E-state index in [4.69, 9.17) is 4.42 Å². The fourth-order valence-electron chi connectivity index (χ4n) is 4.32. The summed E-state index contributed by atoms with van der Waals surface area (Å²) in [7, 11) is 0. The van der Waals surface area contributed by atoms with Gasteiger partial charge in [-0.3, -0.25) is 4.79 Å². The maximum Gasteiger partial charge on any atom is 0.274 e. The fourth-order valence-corrected chi connectivity index (χ4v) is 5.26. The summed E-state index contributed by atoms with van der Waals surface area (Å²) < 4.78 is 20.4. The van der Waals surface area contributed by atoms with Crippen molar-refractivity contribution < 1.29 is 13.6 Å². The molecular weight excluding hydrogens is 453 g/mol. The summed E-state index contributed by atoms with van der Waals surface area (Å²) in [5, 5.41) is 9.08. The predicted octanol–water partition coefficient (Wildman–Crippen LogP) is 5.25. The second-order valence-corrected chi connectivity index (χ2v) is 9.61. The van der Waals surface area contributed by atoms with Crippen LogP contribution in [-0.4, -0.2) is 43.6 Å². The zero-order valence-electron chi connectivity index (χ0n) is 19.0. The Bertz CT molecular complexity index is 1330. The van der Waals surface area contributed by atoms with Gasteiger partial charge < -0.3 is 9.32 Å². The number of benzene rings is 1. The Morgan fingerprint density at radius 2 is 1.97 bits per heavy atom. The molecule has 3 aromatic heterocycles. The van der Waals surface area contributed by atoms with E-state index in [2.05, 4.69) is 20.2 Å². The van der Waals surface area contributed by atoms with Crippen LogP contribution in [0.5, 0.6) is 0 Å². The van der Waals surface area contributed by atoms with Crippen LogP contribution in [0, 0.1) is 19.7 Å². The van der Waals surface area contributed by atoms with Crippen LogP contribution in [0.1, 0.15) is 46.3 Å². The number of piperidine rings is 1. The third-order valence-electron chi connectivity index (χ3n) is 5.93. The quantitative estimate of drug-likeness (QED) is 0.390. The van der Waals surface area contributed by atoms with E-state index >= 15 is 0 Å². The van der Waals surface area contributed by atoms with Crippen LogP contribution in [-0.2, 0) is 6.42 Å². The number of rotatable bonds is 5. The average Bonchev–Trinajstić information content (AvgIpc) is 3.46. The standard InChI is InChI=1S/C25H24FN5O2S/c1-15-8-7-12-20(27-15)24-30-29-21(33-24)14-17-9-5-6-13-31(17)25(32)22-23(34-16(2)28-22)18-10-3-4-11-19(18)26/h3-4,7-8,10-12,17H,5-6,9,13-14H2,1-2H3. The molecule has 5 rings (SSSR count). The third kappa shape index (κ3) is 4.48. The van der Waals surface area contributed by atoms with Gasteiger partial charge in [-0.05, 0) is 51.3 Å². The SMILES string of the molecule is Cc1cccc(-c2nnc(CC3CCCCN3C(=O)c3nc(C)sc3-c3ccccc3F)o2)n1. The molecule has 34 heavy (non-hydrogen) atoms. The largest absolute Gasteiger partial charge is 0.419 e. The molecule has 0 aliphatic carbocycles. The number of hydrogen-bond donors (Lipinski definition) is 0. The molecule has 4 aromatic rings. The first-order valence-corrected chi connectivity index (χ1v) is 12.1. The normalized spacial score (nSPS) is 16.1. The molecule has 1 aliphatic rings. The lowest BCUT2D eigenvalue weighted by Gasteiger charge is -2.35. The molecule has 4 heterocycles. The van der Waals surface area contributed by atoms with Gasteiger partial charge in [-0.1, -0.05) is 24.3 Å².